The lowest BCUT2D eigenvalue weighted by Crippen LogP contribution is -2.10. The highest BCUT2D eigenvalue weighted by molar-refractivity contribution is 6.14. The lowest BCUT2D eigenvalue weighted by atomic mass is 10.1. The van der Waals surface area contributed by atoms with Gasteiger partial charge in [-0.15, -0.1) is 0 Å². The van der Waals surface area contributed by atoms with Gasteiger partial charge in [0, 0.05) is 17.7 Å². The fraction of sp³-hybridized carbons (Fsp3) is 0.120. The Labute approximate surface area is 184 Å². The second kappa shape index (κ2) is 8.85. The summed E-state index contributed by atoms with van der Waals surface area (Å²) in [6, 6.07) is 16.6. The SMILES string of the molecule is COc1ccc(/C=C2\Oc3cc(OC(=O)c4ccccc4OC)ccc3C2=O)c(OC)c1. The molecule has 0 unspecified atom stereocenters. The quantitative estimate of drug-likeness (QED) is 0.321. The van der Waals surface area contributed by atoms with Crippen LogP contribution in [-0.2, 0) is 0 Å². The first kappa shape index (κ1) is 21.0. The molecule has 1 aliphatic heterocycles. The van der Waals surface area contributed by atoms with Gasteiger partial charge in [0.15, 0.2) is 5.76 Å². The molecule has 7 heteroatoms. The predicted octanol–water partition coefficient (Wildman–Crippen LogP) is 4.55. The fourth-order valence-corrected chi connectivity index (χ4v) is 3.28. The average molecular weight is 432 g/mol. The Morgan fingerprint density at radius 3 is 2.34 bits per heavy atom. The Bertz CT molecular complexity index is 1230. The first-order valence-electron chi connectivity index (χ1n) is 9.69. The van der Waals surface area contributed by atoms with E-state index in [2.05, 4.69) is 0 Å². The van der Waals surface area contributed by atoms with Crippen LogP contribution < -0.4 is 23.7 Å². The van der Waals surface area contributed by atoms with Gasteiger partial charge in [0.25, 0.3) is 0 Å². The Kier molecular flexibility index (Phi) is 5.81. The number of rotatable bonds is 6. The molecule has 0 bridgehead atoms. The molecule has 32 heavy (non-hydrogen) atoms. The molecule has 4 rings (SSSR count). The topological polar surface area (TPSA) is 80.3 Å². The summed E-state index contributed by atoms with van der Waals surface area (Å²) < 4.78 is 27.0. The molecule has 0 N–H and O–H groups in total. The fourth-order valence-electron chi connectivity index (χ4n) is 3.28. The summed E-state index contributed by atoms with van der Waals surface area (Å²) in [5.41, 5.74) is 1.33. The van der Waals surface area contributed by atoms with E-state index in [-0.39, 0.29) is 17.3 Å². The van der Waals surface area contributed by atoms with Crippen molar-refractivity contribution in [3.63, 3.8) is 0 Å². The monoisotopic (exact) mass is 432 g/mol. The number of ether oxygens (including phenoxy) is 5. The first-order valence-corrected chi connectivity index (χ1v) is 9.69. The normalized spacial score (nSPS) is 13.3. The molecule has 1 heterocycles. The Morgan fingerprint density at radius 2 is 1.59 bits per heavy atom. The number of benzene rings is 3. The third-order valence-electron chi connectivity index (χ3n) is 4.91. The summed E-state index contributed by atoms with van der Waals surface area (Å²) in [5, 5.41) is 0. The van der Waals surface area contributed by atoms with Crippen LogP contribution in [0.2, 0.25) is 0 Å². The van der Waals surface area contributed by atoms with Crippen LogP contribution in [0.1, 0.15) is 26.3 Å². The van der Waals surface area contributed by atoms with Crippen LogP contribution in [0.5, 0.6) is 28.7 Å². The molecule has 162 valence electrons. The molecule has 0 fully saturated rings. The van der Waals surface area contributed by atoms with Crippen LogP contribution in [0.25, 0.3) is 6.08 Å². The zero-order valence-corrected chi connectivity index (χ0v) is 17.7. The molecule has 0 saturated carbocycles. The van der Waals surface area contributed by atoms with Gasteiger partial charge in [0.05, 0.1) is 26.9 Å². The Morgan fingerprint density at radius 1 is 0.844 bits per heavy atom. The summed E-state index contributed by atoms with van der Waals surface area (Å²) in [7, 11) is 4.57. The van der Waals surface area contributed by atoms with Crippen LogP contribution in [0, 0.1) is 0 Å². The molecule has 0 atom stereocenters. The maximum atomic E-state index is 12.8. The summed E-state index contributed by atoms with van der Waals surface area (Å²) >= 11 is 0. The number of methoxy groups -OCH3 is 3. The van der Waals surface area contributed by atoms with Gasteiger partial charge in [0.2, 0.25) is 5.78 Å². The lowest BCUT2D eigenvalue weighted by molar-refractivity contribution is 0.0731. The van der Waals surface area contributed by atoms with E-state index in [9.17, 15) is 9.59 Å². The molecule has 0 aliphatic carbocycles. The van der Waals surface area contributed by atoms with Gasteiger partial charge in [-0.1, -0.05) is 12.1 Å². The summed E-state index contributed by atoms with van der Waals surface area (Å²) in [6.45, 7) is 0. The van der Waals surface area contributed by atoms with Crippen molar-refractivity contribution in [2.75, 3.05) is 21.3 Å². The van der Waals surface area contributed by atoms with E-state index in [1.807, 2.05) is 0 Å². The van der Waals surface area contributed by atoms with Crippen molar-refractivity contribution < 1.29 is 33.3 Å². The number of para-hydroxylation sites is 1. The van der Waals surface area contributed by atoms with Crippen LogP contribution in [0.4, 0.5) is 0 Å². The number of Topliss-reactive ketones (excluding diaryl/α,β-unsaturated/α-hetero) is 1. The highest BCUT2D eigenvalue weighted by atomic mass is 16.5. The Hall–Kier alpha value is -4.26. The van der Waals surface area contributed by atoms with Crippen molar-refractivity contribution in [1.29, 1.82) is 0 Å². The number of carbonyl (C=O) groups is 2. The third kappa shape index (κ3) is 4.00. The third-order valence-corrected chi connectivity index (χ3v) is 4.91. The molecule has 7 nitrogen and oxygen atoms in total. The van der Waals surface area contributed by atoms with Gasteiger partial charge in [0.1, 0.15) is 34.3 Å². The van der Waals surface area contributed by atoms with Gasteiger partial charge in [-0.05, 0) is 42.5 Å². The van der Waals surface area contributed by atoms with E-state index in [0.29, 0.717) is 39.7 Å². The minimum absolute atomic E-state index is 0.136. The molecule has 0 spiro atoms. The second-order valence-electron chi connectivity index (χ2n) is 6.80. The van der Waals surface area contributed by atoms with Crippen molar-refractivity contribution >= 4 is 17.8 Å². The summed E-state index contributed by atoms with van der Waals surface area (Å²) in [6.07, 6.45) is 1.60. The van der Waals surface area contributed by atoms with E-state index in [0.717, 1.165) is 0 Å². The summed E-state index contributed by atoms with van der Waals surface area (Å²) in [5.74, 6) is 1.41. The van der Waals surface area contributed by atoms with Gasteiger partial charge in [-0.3, -0.25) is 4.79 Å². The number of hydrogen-bond donors (Lipinski definition) is 0. The molecule has 1 aliphatic rings. The van der Waals surface area contributed by atoms with E-state index < -0.39 is 5.97 Å². The smallest absolute Gasteiger partial charge is 0.347 e. The van der Waals surface area contributed by atoms with Crippen LogP contribution >= 0.6 is 0 Å². The molecule has 3 aromatic carbocycles. The molecule has 0 amide bonds. The second-order valence-corrected chi connectivity index (χ2v) is 6.80. The predicted molar refractivity (Wildman–Crippen MR) is 117 cm³/mol. The molecule has 0 saturated heterocycles. The van der Waals surface area contributed by atoms with Crippen molar-refractivity contribution in [2.24, 2.45) is 0 Å². The first-order chi connectivity index (χ1) is 15.5. The number of hydrogen-bond acceptors (Lipinski definition) is 7. The number of ketones is 1. The van der Waals surface area contributed by atoms with Crippen LogP contribution in [0.3, 0.4) is 0 Å². The number of esters is 1. The standard InChI is InChI=1S/C25H20O7/c1-28-16-9-8-15(21(13-16)30-3)12-23-24(26)18-11-10-17(14-22(18)32-23)31-25(27)19-6-4-5-7-20(19)29-2/h4-14H,1-3H3/b23-12-. The minimum Gasteiger partial charge on any atom is -0.497 e. The molecular formula is C25H20O7. The zero-order valence-electron chi connectivity index (χ0n) is 17.7. The Balaban J connectivity index is 1.58. The van der Waals surface area contributed by atoms with Gasteiger partial charge < -0.3 is 23.7 Å². The van der Waals surface area contributed by atoms with Crippen molar-refractivity contribution in [2.45, 2.75) is 0 Å². The van der Waals surface area contributed by atoms with Crippen LogP contribution in [0.15, 0.2) is 66.4 Å². The molecule has 3 aromatic rings. The van der Waals surface area contributed by atoms with Gasteiger partial charge in [-0.25, -0.2) is 4.79 Å². The minimum atomic E-state index is -0.578. The van der Waals surface area contributed by atoms with E-state index in [4.69, 9.17) is 23.7 Å². The lowest BCUT2D eigenvalue weighted by Gasteiger charge is -2.09. The molecule has 0 radical (unpaired) electrons. The molecular weight excluding hydrogens is 412 g/mol. The van der Waals surface area contributed by atoms with Crippen LogP contribution in [-0.4, -0.2) is 33.1 Å². The number of carbonyl (C=O) groups excluding carboxylic acids is 2. The van der Waals surface area contributed by atoms with E-state index in [1.54, 1.807) is 67.8 Å². The highest BCUT2D eigenvalue weighted by Gasteiger charge is 2.28. The van der Waals surface area contributed by atoms with Crippen molar-refractivity contribution in [1.82, 2.24) is 0 Å². The van der Waals surface area contributed by atoms with Gasteiger partial charge >= 0.3 is 5.97 Å². The largest absolute Gasteiger partial charge is 0.497 e. The van der Waals surface area contributed by atoms with Crippen molar-refractivity contribution in [3.05, 3.63) is 83.1 Å². The maximum absolute atomic E-state index is 12.8. The van der Waals surface area contributed by atoms with Gasteiger partial charge in [-0.2, -0.15) is 0 Å². The molecule has 0 aromatic heterocycles. The van der Waals surface area contributed by atoms with E-state index in [1.165, 1.54) is 20.3 Å². The maximum Gasteiger partial charge on any atom is 0.347 e. The zero-order chi connectivity index (χ0) is 22.7. The average Bonchev–Trinajstić information content (AvgIpc) is 3.13. The number of allylic oxidation sites excluding steroid dienone is 1. The van der Waals surface area contributed by atoms with E-state index >= 15 is 0 Å². The summed E-state index contributed by atoms with van der Waals surface area (Å²) in [4.78, 5) is 25.3. The number of fused-ring (bicyclic) bond motifs is 1. The van der Waals surface area contributed by atoms with Crippen molar-refractivity contribution in [3.8, 4) is 28.7 Å². The highest BCUT2D eigenvalue weighted by Crippen LogP contribution is 2.36.